The van der Waals surface area contributed by atoms with Crippen molar-refractivity contribution in [2.24, 2.45) is 0 Å². The van der Waals surface area contributed by atoms with Crippen LogP contribution in [0.3, 0.4) is 0 Å². The summed E-state index contributed by atoms with van der Waals surface area (Å²) in [5, 5.41) is 24.0. The van der Waals surface area contributed by atoms with Crippen LogP contribution in [-0.2, 0) is 39.2 Å². The molecule has 6 atom stereocenters. The maximum atomic E-state index is 14.1. The molecule has 0 aliphatic carbocycles. The van der Waals surface area contributed by atoms with Crippen LogP contribution in [0.15, 0.2) is 36.7 Å². The second-order valence-electron chi connectivity index (χ2n) is 14.5. The fourth-order valence-corrected chi connectivity index (χ4v) is 7.83. The summed E-state index contributed by atoms with van der Waals surface area (Å²) >= 11 is 0. The SMILES string of the molecule is CCCCCCCCCCCCC[C@@H](COP(=O)(O)OC[C@@]1(C#N)O[C@@H](c2ccc3c(N)ncnn23)[C@@H]2OC(C)(C)O[C@@H]21)OCc1cc(F)cc(C#N)c1. The van der Waals surface area contributed by atoms with Gasteiger partial charge in [0.15, 0.2) is 11.6 Å². The number of nitrogen functional groups attached to an aromatic ring is 1. The molecule has 5 rings (SSSR count). The first-order valence-corrected chi connectivity index (χ1v) is 20.3. The van der Waals surface area contributed by atoms with Gasteiger partial charge < -0.3 is 29.6 Å². The molecule has 2 aliphatic rings. The van der Waals surface area contributed by atoms with Crippen LogP contribution in [0.25, 0.3) is 5.52 Å². The van der Waals surface area contributed by atoms with Crippen LogP contribution in [0.1, 0.15) is 121 Å². The number of phosphoric ester groups is 1. The first-order valence-electron chi connectivity index (χ1n) is 18.8. The Morgan fingerprint density at radius 2 is 1.72 bits per heavy atom. The molecule has 1 aromatic carbocycles. The van der Waals surface area contributed by atoms with E-state index in [0.717, 1.165) is 31.7 Å². The van der Waals surface area contributed by atoms with Crippen LogP contribution >= 0.6 is 7.82 Å². The van der Waals surface area contributed by atoms with Gasteiger partial charge in [-0.1, -0.05) is 77.6 Å². The summed E-state index contributed by atoms with van der Waals surface area (Å²) in [6, 6.07) is 11.4. The Hall–Kier alpha value is -3.50. The van der Waals surface area contributed by atoms with Crippen LogP contribution in [-0.4, -0.2) is 62.4 Å². The molecular weight excluding hydrogens is 718 g/mol. The van der Waals surface area contributed by atoms with E-state index in [-0.39, 0.29) is 24.6 Å². The second kappa shape index (κ2) is 18.9. The molecule has 2 saturated heterocycles. The van der Waals surface area contributed by atoms with Gasteiger partial charge in [0.25, 0.3) is 0 Å². The van der Waals surface area contributed by atoms with E-state index in [4.69, 9.17) is 33.7 Å². The quantitative estimate of drug-likeness (QED) is 0.0749. The lowest BCUT2D eigenvalue weighted by atomic mass is 9.96. The van der Waals surface area contributed by atoms with E-state index >= 15 is 0 Å². The number of ether oxygens (including phenoxy) is 4. The van der Waals surface area contributed by atoms with E-state index in [2.05, 4.69) is 23.1 Å². The zero-order valence-corrected chi connectivity index (χ0v) is 32.2. The highest BCUT2D eigenvalue weighted by Gasteiger charge is 2.65. The Morgan fingerprint density at radius 3 is 2.41 bits per heavy atom. The van der Waals surface area contributed by atoms with E-state index in [1.807, 2.05) is 6.07 Å². The highest BCUT2D eigenvalue weighted by atomic mass is 31.2. The number of anilines is 1. The van der Waals surface area contributed by atoms with E-state index in [0.29, 0.717) is 23.2 Å². The van der Waals surface area contributed by atoms with Gasteiger partial charge in [0.1, 0.15) is 48.6 Å². The number of unbranched alkanes of at least 4 members (excludes halogenated alkanes) is 10. The number of hydrogen-bond acceptors (Lipinski definition) is 12. The highest BCUT2D eigenvalue weighted by Crippen LogP contribution is 2.52. The topological polar surface area (TPSA) is 196 Å². The van der Waals surface area contributed by atoms with Crippen molar-refractivity contribution >= 4 is 19.2 Å². The van der Waals surface area contributed by atoms with Gasteiger partial charge in [0, 0.05) is 0 Å². The maximum absolute atomic E-state index is 14.1. The summed E-state index contributed by atoms with van der Waals surface area (Å²) in [5.41, 5.74) is 5.81. The van der Waals surface area contributed by atoms with Crippen LogP contribution in [0.4, 0.5) is 10.2 Å². The second-order valence-corrected chi connectivity index (χ2v) is 16.0. The number of phosphoric acid groups is 1. The Morgan fingerprint density at radius 1 is 1.02 bits per heavy atom. The largest absolute Gasteiger partial charge is 0.472 e. The van der Waals surface area contributed by atoms with Crippen molar-refractivity contribution in [1.29, 1.82) is 10.5 Å². The van der Waals surface area contributed by atoms with Crippen molar-refractivity contribution < 1.29 is 41.8 Å². The number of rotatable bonds is 22. The molecule has 2 fully saturated rings. The maximum Gasteiger partial charge on any atom is 0.472 e. The van der Waals surface area contributed by atoms with Crippen LogP contribution < -0.4 is 5.73 Å². The fraction of sp³-hybridized carbons (Fsp3) is 0.632. The number of nitriles is 2. The summed E-state index contributed by atoms with van der Waals surface area (Å²) in [6.07, 6.45) is 11.2. The van der Waals surface area contributed by atoms with Gasteiger partial charge in [-0.05, 0) is 56.2 Å². The number of fused-ring (bicyclic) bond motifs is 2. The average molecular weight is 771 g/mol. The summed E-state index contributed by atoms with van der Waals surface area (Å²) in [5.74, 6) is -1.42. The molecule has 3 N–H and O–H groups in total. The molecule has 0 radical (unpaired) electrons. The molecule has 0 spiro atoms. The number of halogens is 1. The molecule has 2 aromatic heterocycles. The predicted octanol–water partition coefficient (Wildman–Crippen LogP) is 7.60. The number of aromatic nitrogens is 3. The third-order valence-electron chi connectivity index (χ3n) is 9.78. The molecule has 0 bridgehead atoms. The third kappa shape index (κ3) is 10.8. The standard InChI is InChI=1S/C38H52FN6O8P/c1-4-5-6-7-8-9-10-11-12-13-14-15-30(48-22-28-18-27(21-40)19-29(39)20-28)23-49-54(46,47)50-25-38(24-41)35-34(51-37(2,3)53-35)33(52-38)31-16-17-32-36(42)43-26-44-45(31)32/h16-20,26,30,33-35H,4-15,22-23,25H2,1-3H3,(H,46,47)(H2,42,43,44)/t30-,33-,34-,35-,38+/m0/s1. The Balaban J connectivity index is 1.20. The molecule has 14 nitrogen and oxygen atoms in total. The minimum atomic E-state index is -4.79. The van der Waals surface area contributed by atoms with Gasteiger partial charge >= 0.3 is 7.82 Å². The third-order valence-corrected chi connectivity index (χ3v) is 10.7. The number of nitrogens with two attached hydrogens (primary N) is 1. The van der Waals surface area contributed by atoms with Crippen molar-refractivity contribution in [2.75, 3.05) is 18.9 Å². The number of benzene rings is 1. The van der Waals surface area contributed by atoms with E-state index in [1.165, 1.54) is 67.9 Å². The molecule has 3 aromatic rings. The minimum absolute atomic E-state index is 0.0387. The molecule has 54 heavy (non-hydrogen) atoms. The van der Waals surface area contributed by atoms with Gasteiger partial charge in [0.2, 0.25) is 5.60 Å². The van der Waals surface area contributed by atoms with E-state index in [1.54, 1.807) is 26.0 Å². The van der Waals surface area contributed by atoms with Gasteiger partial charge in [0.05, 0.1) is 36.6 Å². The Kier molecular flexibility index (Phi) is 14.6. The number of hydrogen-bond donors (Lipinski definition) is 2. The minimum Gasteiger partial charge on any atom is -0.382 e. The lowest BCUT2D eigenvalue weighted by molar-refractivity contribution is -0.204. The van der Waals surface area contributed by atoms with Crippen LogP contribution in [0.2, 0.25) is 0 Å². The fourth-order valence-electron chi connectivity index (χ4n) is 7.04. The first-order chi connectivity index (χ1) is 25.9. The van der Waals surface area contributed by atoms with Crippen molar-refractivity contribution in [2.45, 2.75) is 140 Å². The Labute approximate surface area is 316 Å². The van der Waals surface area contributed by atoms with Crippen molar-refractivity contribution in [1.82, 2.24) is 14.6 Å². The van der Waals surface area contributed by atoms with Crippen LogP contribution in [0, 0.1) is 28.5 Å². The molecule has 4 heterocycles. The zero-order chi connectivity index (χ0) is 38.8. The molecule has 0 saturated carbocycles. The van der Waals surface area contributed by atoms with Crippen molar-refractivity contribution in [3.05, 3.63) is 59.3 Å². The van der Waals surface area contributed by atoms with E-state index in [9.17, 15) is 24.4 Å². The molecule has 2 aliphatic heterocycles. The molecule has 0 amide bonds. The summed E-state index contributed by atoms with van der Waals surface area (Å²) < 4.78 is 64.5. The van der Waals surface area contributed by atoms with Crippen molar-refractivity contribution in [3.63, 3.8) is 0 Å². The molecular formula is C38H52FN6O8P. The summed E-state index contributed by atoms with van der Waals surface area (Å²) in [6.45, 7) is 4.58. The Bertz CT molecular complexity index is 1830. The lowest BCUT2D eigenvalue weighted by Gasteiger charge is -2.29. The molecule has 16 heteroatoms. The lowest BCUT2D eigenvalue weighted by Crippen LogP contribution is -2.45. The first kappa shape index (κ1) is 41.7. The van der Waals surface area contributed by atoms with Gasteiger partial charge in [-0.15, -0.1) is 0 Å². The van der Waals surface area contributed by atoms with E-state index < -0.39 is 56.1 Å². The summed E-state index contributed by atoms with van der Waals surface area (Å²) in [7, 11) is -4.79. The molecule has 294 valence electrons. The van der Waals surface area contributed by atoms with Gasteiger partial charge in [-0.25, -0.2) is 18.5 Å². The summed E-state index contributed by atoms with van der Waals surface area (Å²) in [4.78, 5) is 14.9. The predicted molar refractivity (Wildman–Crippen MR) is 196 cm³/mol. The average Bonchev–Trinajstić information content (AvgIpc) is 3.80. The normalized spacial score (nSPS) is 23.5. The van der Waals surface area contributed by atoms with Crippen molar-refractivity contribution in [3.8, 4) is 12.1 Å². The zero-order valence-electron chi connectivity index (χ0n) is 31.3. The van der Waals surface area contributed by atoms with Gasteiger partial charge in [-0.2, -0.15) is 15.6 Å². The smallest absolute Gasteiger partial charge is 0.382 e. The highest BCUT2D eigenvalue weighted by molar-refractivity contribution is 7.47. The monoisotopic (exact) mass is 770 g/mol. The molecule has 1 unspecified atom stereocenters. The van der Waals surface area contributed by atoms with Gasteiger partial charge in [-0.3, -0.25) is 9.05 Å². The van der Waals surface area contributed by atoms with Crippen LogP contribution in [0.5, 0.6) is 0 Å². The number of nitrogens with zero attached hydrogens (tertiary/aromatic N) is 5.